The van der Waals surface area contributed by atoms with Crippen LogP contribution in [0.3, 0.4) is 0 Å². The van der Waals surface area contributed by atoms with Crippen molar-refractivity contribution in [3.05, 3.63) is 29.3 Å². The number of amides is 1. The molecule has 0 aromatic heterocycles. The highest BCUT2D eigenvalue weighted by Crippen LogP contribution is 2.21. The highest BCUT2D eigenvalue weighted by Gasteiger charge is 2.23. The van der Waals surface area contributed by atoms with Crippen LogP contribution in [0.1, 0.15) is 28.8 Å². The molecule has 2 rings (SSSR count). The summed E-state index contributed by atoms with van der Waals surface area (Å²) >= 11 is 0. The first-order chi connectivity index (χ1) is 10.1. The number of nitrogens with two attached hydrogens (primary N) is 1. The maximum absolute atomic E-state index is 12.4. The van der Waals surface area contributed by atoms with Gasteiger partial charge in [0.2, 0.25) is 0 Å². The summed E-state index contributed by atoms with van der Waals surface area (Å²) in [5.41, 5.74) is 6.85. The van der Waals surface area contributed by atoms with Gasteiger partial charge >= 0.3 is 0 Å². The number of phenolic OH excluding ortho intramolecular Hbond substituents is 1. The Morgan fingerprint density at radius 3 is 2.57 bits per heavy atom. The van der Waals surface area contributed by atoms with E-state index in [9.17, 15) is 9.90 Å². The first kappa shape index (κ1) is 15.8. The molecule has 5 heteroatoms. The van der Waals surface area contributed by atoms with Crippen LogP contribution in [0.4, 0.5) is 0 Å². The SMILES string of the molecule is Cc1ccc(C(=O)N2CCN(CCCCN)CC2)c(O)c1. The van der Waals surface area contributed by atoms with Crippen LogP contribution in [-0.2, 0) is 0 Å². The summed E-state index contributed by atoms with van der Waals surface area (Å²) in [6.07, 6.45) is 2.17. The molecule has 0 aliphatic carbocycles. The monoisotopic (exact) mass is 291 g/mol. The summed E-state index contributed by atoms with van der Waals surface area (Å²) < 4.78 is 0. The van der Waals surface area contributed by atoms with Crippen molar-refractivity contribution in [1.82, 2.24) is 9.80 Å². The molecule has 116 valence electrons. The first-order valence-corrected chi connectivity index (χ1v) is 7.63. The Morgan fingerprint density at radius 2 is 1.95 bits per heavy atom. The van der Waals surface area contributed by atoms with Crippen molar-refractivity contribution >= 4 is 5.91 Å². The van der Waals surface area contributed by atoms with Gasteiger partial charge in [-0.3, -0.25) is 9.69 Å². The summed E-state index contributed by atoms with van der Waals surface area (Å²) in [7, 11) is 0. The summed E-state index contributed by atoms with van der Waals surface area (Å²) in [4.78, 5) is 16.6. The molecule has 0 unspecified atom stereocenters. The largest absolute Gasteiger partial charge is 0.507 e. The molecule has 1 amide bonds. The summed E-state index contributed by atoms with van der Waals surface area (Å²) in [5, 5.41) is 9.92. The summed E-state index contributed by atoms with van der Waals surface area (Å²) in [6, 6.07) is 5.20. The third-order valence-corrected chi connectivity index (χ3v) is 3.97. The molecule has 0 atom stereocenters. The molecule has 1 saturated heterocycles. The van der Waals surface area contributed by atoms with Crippen LogP contribution in [0.15, 0.2) is 18.2 Å². The Labute approximate surface area is 126 Å². The van der Waals surface area contributed by atoms with E-state index in [1.807, 2.05) is 17.9 Å². The molecule has 0 spiro atoms. The van der Waals surface area contributed by atoms with E-state index < -0.39 is 0 Å². The van der Waals surface area contributed by atoms with E-state index in [-0.39, 0.29) is 11.7 Å². The summed E-state index contributed by atoms with van der Waals surface area (Å²) in [6.45, 7) is 6.91. The Bertz CT molecular complexity index is 482. The number of carbonyl (C=O) groups excluding carboxylic acids is 1. The number of nitrogens with zero attached hydrogens (tertiary/aromatic N) is 2. The van der Waals surface area contributed by atoms with Crippen LogP contribution in [0.25, 0.3) is 0 Å². The van der Waals surface area contributed by atoms with Gasteiger partial charge in [-0.05, 0) is 50.6 Å². The number of carbonyl (C=O) groups is 1. The van der Waals surface area contributed by atoms with E-state index in [0.717, 1.165) is 57.7 Å². The van der Waals surface area contributed by atoms with Gasteiger partial charge < -0.3 is 15.7 Å². The highest BCUT2D eigenvalue weighted by molar-refractivity contribution is 5.97. The molecule has 3 N–H and O–H groups in total. The minimum atomic E-state index is -0.0749. The van der Waals surface area contributed by atoms with Crippen molar-refractivity contribution in [2.24, 2.45) is 5.73 Å². The lowest BCUT2D eigenvalue weighted by Crippen LogP contribution is -2.48. The van der Waals surface area contributed by atoms with Gasteiger partial charge in [0, 0.05) is 26.2 Å². The zero-order chi connectivity index (χ0) is 15.2. The van der Waals surface area contributed by atoms with Crippen molar-refractivity contribution in [3.63, 3.8) is 0 Å². The molecule has 21 heavy (non-hydrogen) atoms. The topological polar surface area (TPSA) is 69.8 Å². The maximum Gasteiger partial charge on any atom is 0.257 e. The lowest BCUT2D eigenvalue weighted by molar-refractivity contribution is 0.0632. The second-order valence-corrected chi connectivity index (χ2v) is 5.65. The van der Waals surface area contributed by atoms with Crippen molar-refractivity contribution in [3.8, 4) is 5.75 Å². The number of phenols is 1. The van der Waals surface area contributed by atoms with Crippen molar-refractivity contribution in [2.75, 3.05) is 39.3 Å². The fourth-order valence-electron chi connectivity index (χ4n) is 2.65. The number of benzene rings is 1. The molecular weight excluding hydrogens is 266 g/mol. The molecule has 0 saturated carbocycles. The lowest BCUT2D eigenvalue weighted by Gasteiger charge is -2.34. The second kappa shape index (κ2) is 7.43. The number of hydrogen-bond acceptors (Lipinski definition) is 4. The fraction of sp³-hybridized carbons (Fsp3) is 0.562. The van der Waals surface area contributed by atoms with Gasteiger partial charge in [0.15, 0.2) is 0 Å². The lowest BCUT2D eigenvalue weighted by atomic mass is 10.1. The molecule has 0 radical (unpaired) electrons. The molecule has 1 aromatic rings. The van der Waals surface area contributed by atoms with Crippen LogP contribution in [0, 0.1) is 6.92 Å². The molecule has 1 fully saturated rings. The number of rotatable bonds is 5. The second-order valence-electron chi connectivity index (χ2n) is 5.65. The maximum atomic E-state index is 12.4. The molecular formula is C16H25N3O2. The van der Waals surface area contributed by atoms with Gasteiger partial charge in [0.05, 0.1) is 5.56 Å². The van der Waals surface area contributed by atoms with Gasteiger partial charge in [-0.1, -0.05) is 6.07 Å². The fourth-order valence-corrected chi connectivity index (χ4v) is 2.65. The molecule has 0 bridgehead atoms. The minimum Gasteiger partial charge on any atom is -0.507 e. The van der Waals surface area contributed by atoms with Crippen molar-refractivity contribution in [1.29, 1.82) is 0 Å². The van der Waals surface area contributed by atoms with Crippen LogP contribution in [-0.4, -0.2) is 60.1 Å². The smallest absolute Gasteiger partial charge is 0.257 e. The Morgan fingerprint density at radius 1 is 1.24 bits per heavy atom. The number of aryl methyl sites for hydroxylation is 1. The standard InChI is InChI=1S/C16H25N3O2/c1-13-4-5-14(15(20)12-13)16(21)19-10-8-18(9-11-19)7-3-2-6-17/h4-5,12,20H,2-3,6-11,17H2,1H3. The predicted molar refractivity (Wildman–Crippen MR) is 83.5 cm³/mol. The average molecular weight is 291 g/mol. The van der Waals surface area contributed by atoms with Crippen molar-refractivity contribution in [2.45, 2.75) is 19.8 Å². The van der Waals surface area contributed by atoms with Gasteiger partial charge in [-0.25, -0.2) is 0 Å². The van der Waals surface area contributed by atoms with E-state index in [0.29, 0.717) is 5.56 Å². The third-order valence-electron chi connectivity index (χ3n) is 3.97. The van der Waals surface area contributed by atoms with E-state index >= 15 is 0 Å². The van der Waals surface area contributed by atoms with Gasteiger partial charge in [0.25, 0.3) is 5.91 Å². The molecule has 1 heterocycles. The molecule has 1 aliphatic heterocycles. The van der Waals surface area contributed by atoms with E-state index in [2.05, 4.69) is 4.90 Å². The van der Waals surface area contributed by atoms with Crippen LogP contribution in [0.5, 0.6) is 5.75 Å². The molecule has 1 aliphatic rings. The zero-order valence-corrected chi connectivity index (χ0v) is 12.7. The quantitative estimate of drug-likeness (QED) is 0.800. The summed E-state index contributed by atoms with van der Waals surface area (Å²) in [5.74, 6) is -0.000478. The third kappa shape index (κ3) is 4.19. The molecule has 1 aromatic carbocycles. The van der Waals surface area contributed by atoms with E-state index in [4.69, 9.17) is 5.73 Å². The van der Waals surface area contributed by atoms with Crippen LogP contribution < -0.4 is 5.73 Å². The van der Waals surface area contributed by atoms with E-state index in [1.165, 1.54) is 0 Å². The van der Waals surface area contributed by atoms with Gasteiger partial charge in [-0.2, -0.15) is 0 Å². The van der Waals surface area contributed by atoms with Gasteiger partial charge in [-0.15, -0.1) is 0 Å². The van der Waals surface area contributed by atoms with Gasteiger partial charge in [0.1, 0.15) is 5.75 Å². The Balaban J connectivity index is 1.88. The van der Waals surface area contributed by atoms with Crippen LogP contribution >= 0.6 is 0 Å². The number of piperazine rings is 1. The average Bonchev–Trinajstić information content (AvgIpc) is 2.48. The van der Waals surface area contributed by atoms with Crippen molar-refractivity contribution < 1.29 is 9.90 Å². The Hall–Kier alpha value is -1.59. The molecule has 5 nitrogen and oxygen atoms in total. The first-order valence-electron chi connectivity index (χ1n) is 7.63. The van der Waals surface area contributed by atoms with Crippen LogP contribution in [0.2, 0.25) is 0 Å². The number of unbranched alkanes of at least 4 members (excludes halogenated alkanes) is 1. The Kier molecular flexibility index (Phi) is 5.59. The number of aromatic hydroxyl groups is 1. The predicted octanol–water partition coefficient (Wildman–Crippen LogP) is 1.20. The minimum absolute atomic E-state index is 0.0744. The number of hydrogen-bond donors (Lipinski definition) is 2. The van der Waals surface area contributed by atoms with E-state index in [1.54, 1.807) is 12.1 Å². The zero-order valence-electron chi connectivity index (χ0n) is 12.7. The normalized spacial score (nSPS) is 16.2. The highest BCUT2D eigenvalue weighted by atomic mass is 16.3.